The van der Waals surface area contributed by atoms with E-state index in [-0.39, 0.29) is 12.3 Å². The lowest BCUT2D eigenvalue weighted by atomic mass is 10.0. The highest BCUT2D eigenvalue weighted by Gasteiger charge is 2.21. The number of carboxylic acid groups (broad SMARTS) is 1. The average Bonchev–Trinajstić information content (AvgIpc) is 2.61. The molecule has 6 heteroatoms. The molecule has 5 nitrogen and oxygen atoms in total. The van der Waals surface area contributed by atoms with Gasteiger partial charge < -0.3 is 14.9 Å². The zero-order valence-electron chi connectivity index (χ0n) is 16.0. The van der Waals surface area contributed by atoms with E-state index in [0.29, 0.717) is 12.8 Å². The predicted molar refractivity (Wildman–Crippen MR) is 104 cm³/mol. The summed E-state index contributed by atoms with van der Waals surface area (Å²) in [7, 11) is 0. The Balaban J connectivity index is 3.93. The molecule has 0 amide bonds. The van der Waals surface area contributed by atoms with Crippen LogP contribution in [-0.4, -0.2) is 40.2 Å². The van der Waals surface area contributed by atoms with Crippen molar-refractivity contribution in [1.82, 2.24) is 0 Å². The third-order valence-electron chi connectivity index (χ3n) is 4.22. The number of unbranched alkanes of at least 4 members (excludes halogenated alkanes) is 7. The molecule has 0 radical (unpaired) electrons. The number of aliphatic carboxylic acids is 1. The molecule has 0 saturated carbocycles. The molecule has 26 heavy (non-hydrogen) atoms. The van der Waals surface area contributed by atoms with Crippen LogP contribution in [0.1, 0.15) is 84.0 Å². The maximum absolute atomic E-state index is 11.4. The summed E-state index contributed by atoms with van der Waals surface area (Å²) in [6.45, 7) is 2.10. The summed E-state index contributed by atoms with van der Waals surface area (Å²) in [5.41, 5.74) is 0. The molecule has 0 bridgehead atoms. The number of aliphatic hydroxyl groups is 1. The summed E-state index contributed by atoms with van der Waals surface area (Å²) in [5, 5.41) is 18.8. The van der Waals surface area contributed by atoms with Crippen molar-refractivity contribution >= 4 is 23.5 Å². The van der Waals surface area contributed by atoms with Crippen molar-refractivity contribution in [3.8, 4) is 0 Å². The molecule has 0 saturated heterocycles. The lowest BCUT2D eigenvalue weighted by Gasteiger charge is -2.22. The first-order chi connectivity index (χ1) is 12.5. The van der Waals surface area contributed by atoms with E-state index in [9.17, 15) is 14.7 Å². The molecule has 2 atom stereocenters. The van der Waals surface area contributed by atoms with Gasteiger partial charge in [-0.05, 0) is 38.5 Å². The van der Waals surface area contributed by atoms with Crippen LogP contribution in [0, 0.1) is 0 Å². The molecule has 0 aliphatic heterocycles. The van der Waals surface area contributed by atoms with Crippen molar-refractivity contribution in [2.45, 2.75) is 96.2 Å². The number of hydrogen-bond acceptors (Lipinski definition) is 4. The second kappa shape index (κ2) is 17.3. The second-order valence-electron chi connectivity index (χ2n) is 6.63. The van der Waals surface area contributed by atoms with Crippen LogP contribution >= 0.6 is 11.6 Å². The number of halogens is 1. The van der Waals surface area contributed by atoms with Gasteiger partial charge in [-0.1, -0.05) is 51.2 Å². The van der Waals surface area contributed by atoms with Crippen molar-refractivity contribution in [2.75, 3.05) is 5.88 Å². The number of carbonyl (C=O) groups is 2. The van der Waals surface area contributed by atoms with E-state index in [2.05, 4.69) is 6.92 Å². The van der Waals surface area contributed by atoms with Crippen LogP contribution in [-0.2, 0) is 14.3 Å². The van der Waals surface area contributed by atoms with E-state index in [1.54, 1.807) is 0 Å². The lowest BCUT2D eigenvalue weighted by Crippen LogP contribution is -2.31. The van der Waals surface area contributed by atoms with Crippen LogP contribution < -0.4 is 0 Å². The number of aliphatic hydroxyl groups excluding tert-OH is 1. The number of ether oxygens (including phenoxy) is 1. The topological polar surface area (TPSA) is 83.8 Å². The number of esters is 1. The van der Waals surface area contributed by atoms with Crippen molar-refractivity contribution in [2.24, 2.45) is 0 Å². The quantitative estimate of drug-likeness (QED) is 0.161. The van der Waals surface area contributed by atoms with Gasteiger partial charge in [0.2, 0.25) is 0 Å². The average molecular weight is 391 g/mol. The van der Waals surface area contributed by atoms with E-state index < -0.39 is 24.1 Å². The molecule has 0 rings (SSSR count). The molecule has 0 fully saturated rings. The highest BCUT2D eigenvalue weighted by molar-refractivity contribution is 6.26. The molecule has 2 unspecified atom stereocenters. The Labute approximate surface area is 162 Å². The fourth-order valence-electron chi connectivity index (χ4n) is 2.70. The fraction of sp³-hybridized carbons (Fsp3) is 0.800. The highest BCUT2D eigenvalue weighted by Crippen LogP contribution is 2.15. The number of carboxylic acids is 1. The minimum atomic E-state index is -0.726. The van der Waals surface area contributed by atoms with Gasteiger partial charge in [0, 0.05) is 6.42 Å². The Hall–Kier alpha value is -1.07. The van der Waals surface area contributed by atoms with E-state index >= 15 is 0 Å². The Morgan fingerprint density at radius 3 is 2.38 bits per heavy atom. The van der Waals surface area contributed by atoms with Gasteiger partial charge in [0.25, 0.3) is 0 Å². The maximum Gasteiger partial charge on any atom is 0.321 e. The third-order valence-corrected chi connectivity index (χ3v) is 4.44. The summed E-state index contributed by atoms with van der Waals surface area (Å²) >= 11 is 5.49. The third kappa shape index (κ3) is 15.2. The van der Waals surface area contributed by atoms with Crippen LogP contribution in [0.2, 0.25) is 0 Å². The lowest BCUT2D eigenvalue weighted by molar-refractivity contribution is -0.152. The van der Waals surface area contributed by atoms with Crippen molar-refractivity contribution in [1.29, 1.82) is 0 Å². The summed E-state index contributed by atoms with van der Waals surface area (Å²) in [6.07, 6.45) is 13.0. The monoisotopic (exact) mass is 390 g/mol. The van der Waals surface area contributed by atoms with Crippen LogP contribution in [0.5, 0.6) is 0 Å². The van der Waals surface area contributed by atoms with Gasteiger partial charge >= 0.3 is 11.9 Å². The molecule has 0 aromatic rings. The van der Waals surface area contributed by atoms with Gasteiger partial charge in [-0.2, -0.15) is 0 Å². The fourth-order valence-corrected chi connectivity index (χ4v) is 2.76. The zero-order chi connectivity index (χ0) is 19.6. The Morgan fingerprint density at radius 1 is 1.04 bits per heavy atom. The molecule has 0 aliphatic carbocycles. The predicted octanol–water partition coefficient (Wildman–Crippen LogP) is 4.84. The minimum absolute atomic E-state index is 0.195. The summed E-state index contributed by atoms with van der Waals surface area (Å²) in [5.74, 6) is -1.41. The summed E-state index contributed by atoms with van der Waals surface area (Å²) in [4.78, 5) is 21.8. The van der Waals surface area contributed by atoms with Crippen molar-refractivity contribution in [3.05, 3.63) is 12.2 Å². The minimum Gasteiger partial charge on any atom is -0.481 e. The normalized spacial score (nSPS) is 13.7. The first kappa shape index (κ1) is 24.9. The molecule has 0 aromatic heterocycles. The molecule has 2 N–H and O–H groups in total. The number of rotatable bonds is 17. The zero-order valence-corrected chi connectivity index (χ0v) is 16.8. The van der Waals surface area contributed by atoms with E-state index in [1.165, 1.54) is 0 Å². The van der Waals surface area contributed by atoms with E-state index in [4.69, 9.17) is 21.4 Å². The Morgan fingerprint density at radius 2 is 1.73 bits per heavy atom. The molecule has 0 heterocycles. The highest BCUT2D eigenvalue weighted by atomic mass is 35.5. The summed E-state index contributed by atoms with van der Waals surface area (Å²) in [6, 6.07) is 0. The van der Waals surface area contributed by atoms with Crippen LogP contribution in [0.3, 0.4) is 0 Å². The molecule has 0 aliphatic rings. The van der Waals surface area contributed by atoms with E-state index in [1.807, 2.05) is 12.2 Å². The molecule has 152 valence electrons. The smallest absolute Gasteiger partial charge is 0.321 e. The van der Waals surface area contributed by atoms with Crippen molar-refractivity contribution in [3.63, 3.8) is 0 Å². The Bertz CT molecular complexity index is 398. The van der Waals surface area contributed by atoms with Gasteiger partial charge in [0.05, 0.1) is 6.10 Å². The molecule has 0 aromatic carbocycles. The first-order valence-electron chi connectivity index (χ1n) is 9.81. The van der Waals surface area contributed by atoms with Crippen molar-refractivity contribution < 1.29 is 24.5 Å². The summed E-state index contributed by atoms with van der Waals surface area (Å²) < 4.78 is 5.26. The van der Waals surface area contributed by atoms with Gasteiger partial charge in [-0.3, -0.25) is 9.59 Å². The standard InChI is InChI=1S/C20H35ClO5/c1-2-3-10-14-18(26-20(25)16-21)17(22)13-11-8-6-4-5-7-9-12-15-19(23)24/h8,11,17-18,22H,2-7,9-10,12-16H2,1H3,(H,23,24). The van der Waals surface area contributed by atoms with Crippen LogP contribution in [0.4, 0.5) is 0 Å². The second-order valence-corrected chi connectivity index (χ2v) is 6.90. The van der Waals surface area contributed by atoms with Gasteiger partial charge in [-0.15, -0.1) is 11.6 Å². The number of allylic oxidation sites excluding steroid dienone is 1. The largest absolute Gasteiger partial charge is 0.481 e. The van der Waals surface area contributed by atoms with E-state index in [0.717, 1.165) is 57.8 Å². The number of carbonyl (C=O) groups excluding carboxylic acids is 1. The SMILES string of the molecule is CCCCCC(OC(=O)CCl)C(O)CC=CCCCCCCCC(=O)O. The van der Waals surface area contributed by atoms with Gasteiger partial charge in [0.15, 0.2) is 0 Å². The van der Waals surface area contributed by atoms with Gasteiger partial charge in [-0.25, -0.2) is 0 Å². The number of hydrogen-bond donors (Lipinski definition) is 2. The van der Waals surface area contributed by atoms with Crippen LogP contribution in [0.25, 0.3) is 0 Å². The molecule has 0 spiro atoms. The maximum atomic E-state index is 11.4. The first-order valence-corrected chi connectivity index (χ1v) is 10.3. The van der Waals surface area contributed by atoms with Gasteiger partial charge in [0.1, 0.15) is 12.0 Å². The molecular weight excluding hydrogens is 356 g/mol. The Kier molecular flexibility index (Phi) is 16.6. The molecular formula is C20H35ClO5. The number of alkyl halides is 1. The van der Waals surface area contributed by atoms with Crippen LogP contribution in [0.15, 0.2) is 12.2 Å².